The summed E-state index contributed by atoms with van der Waals surface area (Å²) in [4.78, 5) is 1.35. The highest BCUT2D eigenvalue weighted by Crippen LogP contribution is 2.19. The van der Waals surface area contributed by atoms with Gasteiger partial charge in [0.05, 0.1) is 0 Å². The Balaban J connectivity index is 2.06. The molecule has 0 aliphatic rings. The Bertz CT molecular complexity index is 314. The predicted octanol–water partition coefficient (Wildman–Crippen LogP) is 3.78. The lowest BCUT2D eigenvalue weighted by molar-refractivity contribution is -0.139. The molecule has 3 nitrogen and oxygen atoms in total. The summed E-state index contributed by atoms with van der Waals surface area (Å²) in [6.07, 6.45) is 1.97. The number of rotatable bonds is 10. The molecule has 0 bridgehead atoms. The summed E-state index contributed by atoms with van der Waals surface area (Å²) in [5, 5.41) is 5.54. The molecule has 0 amide bonds. The Morgan fingerprint density at radius 1 is 1.33 bits per heavy atom. The molecule has 1 rings (SSSR count). The van der Waals surface area contributed by atoms with Gasteiger partial charge < -0.3 is 14.8 Å². The van der Waals surface area contributed by atoms with Crippen molar-refractivity contribution in [2.45, 2.75) is 39.5 Å². The molecule has 0 saturated carbocycles. The van der Waals surface area contributed by atoms with Crippen LogP contribution in [0.15, 0.2) is 15.9 Å². The number of nitrogens with one attached hydrogen (secondary N) is 1. The fourth-order valence-electron chi connectivity index (χ4n) is 1.64. The van der Waals surface area contributed by atoms with Crippen LogP contribution < -0.4 is 5.32 Å². The molecule has 0 radical (unpaired) electrons. The second kappa shape index (κ2) is 9.92. The summed E-state index contributed by atoms with van der Waals surface area (Å²) in [6.45, 7) is 7.34. The van der Waals surface area contributed by atoms with E-state index in [1.165, 1.54) is 4.88 Å². The van der Waals surface area contributed by atoms with Crippen molar-refractivity contribution >= 4 is 27.3 Å². The number of thiophene rings is 1. The van der Waals surface area contributed by atoms with Gasteiger partial charge in [0, 0.05) is 34.5 Å². The lowest BCUT2D eigenvalue weighted by Gasteiger charge is -2.16. The monoisotopic (exact) mass is 335 g/mol. The lowest BCUT2D eigenvalue weighted by atomic mass is 10.3. The Kier molecular flexibility index (Phi) is 8.88. The lowest BCUT2D eigenvalue weighted by Crippen LogP contribution is -2.20. The molecule has 104 valence electrons. The minimum Gasteiger partial charge on any atom is -0.353 e. The minimum absolute atomic E-state index is 0.0438. The van der Waals surface area contributed by atoms with Crippen LogP contribution in [0.4, 0.5) is 0 Å². The molecule has 1 N–H and O–H groups in total. The third-order valence-electron chi connectivity index (χ3n) is 2.42. The zero-order valence-corrected chi connectivity index (χ0v) is 13.5. The molecule has 0 spiro atoms. The maximum Gasteiger partial charge on any atom is 0.157 e. The van der Waals surface area contributed by atoms with Crippen molar-refractivity contribution < 1.29 is 9.47 Å². The van der Waals surface area contributed by atoms with Gasteiger partial charge in [-0.2, -0.15) is 0 Å². The zero-order valence-electron chi connectivity index (χ0n) is 11.1. The zero-order chi connectivity index (χ0) is 13.2. The van der Waals surface area contributed by atoms with Crippen LogP contribution in [0.5, 0.6) is 0 Å². The smallest absolute Gasteiger partial charge is 0.157 e. The van der Waals surface area contributed by atoms with Gasteiger partial charge in [-0.05, 0) is 55.2 Å². The molecule has 0 fully saturated rings. The Morgan fingerprint density at radius 2 is 2.06 bits per heavy atom. The normalized spacial score (nSPS) is 11.3. The molecule has 18 heavy (non-hydrogen) atoms. The molecule has 0 saturated heterocycles. The maximum atomic E-state index is 5.50. The highest BCUT2D eigenvalue weighted by atomic mass is 79.9. The van der Waals surface area contributed by atoms with Crippen molar-refractivity contribution in [1.82, 2.24) is 5.32 Å². The van der Waals surface area contributed by atoms with Crippen molar-refractivity contribution in [2.75, 3.05) is 19.8 Å². The molecule has 0 unspecified atom stereocenters. The van der Waals surface area contributed by atoms with E-state index in [0.717, 1.165) is 30.4 Å². The molecular formula is C13H22BrNO2S. The summed E-state index contributed by atoms with van der Waals surface area (Å²) in [7, 11) is 0. The fourth-order valence-corrected chi connectivity index (χ4v) is 3.06. The van der Waals surface area contributed by atoms with Crippen molar-refractivity contribution in [1.29, 1.82) is 0 Å². The second-order valence-corrected chi connectivity index (χ2v) is 5.80. The van der Waals surface area contributed by atoms with Crippen LogP contribution in [0.2, 0.25) is 0 Å². The predicted molar refractivity (Wildman–Crippen MR) is 80.0 cm³/mol. The van der Waals surface area contributed by atoms with Crippen molar-refractivity contribution in [3.05, 3.63) is 20.8 Å². The second-order valence-electron chi connectivity index (χ2n) is 3.89. The van der Waals surface area contributed by atoms with E-state index < -0.39 is 0 Å². The average Bonchev–Trinajstić information content (AvgIpc) is 2.75. The molecule has 1 aromatic rings. The standard InChI is InChI=1S/C13H22BrNO2S/c1-3-16-13(17-4-2)6-5-7-15-9-12-8-11(14)10-18-12/h8,10,13,15H,3-7,9H2,1-2H3. The molecule has 0 atom stereocenters. The third kappa shape index (κ3) is 6.85. The third-order valence-corrected chi connectivity index (χ3v) is 4.12. The highest BCUT2D eigenvalue weighted by Gasteiger charge is 2.06. The summed E-state index contributed by atoms with van der Waals surface area (Å²) < 4.78 is 12.2. The first kappa shape index (κ1) is 16.1. The molecule has 1 aromatic heterocycles. The van der Waals surface area contributed by atoms with Crippen LogP contribution in [0.25, 0.3) is 0 Å². The van der Waals surface area contributed by atoms with E-state index >= 15 is 0 Å². The van der Waals surface area contributed by atoms with Gasteiger partial charge in [-0.1, -0.05) is 0 Å². The van der Waals surface area contributed by atoms with E-state index in [2.05, 4.69) is 32.7 Å². The van der Waals surface area contributed by atoms with Crippen molar-refractivity contribution in [3.8, 4) is 0 Å². The van der Waals surface area contributed by atoms with Crippen molar-refractivity contribution in [2.24, 2.45) is 0 Å². The van der Waals surface area contributed by atoms with Gasteiger partial charge in [0.2, 0.25) is 0 Å². The van der Waals surface area contributed by atoms with Gasteiger partial charge in [-0.15, -0.1) is 11.3 Å². The maximum absolute atomic E-state index is 5.50. The van der Waals surface area contributed by atoms with Crippen LogP contribution in [-0.4, -0.2) is 26.0 Å². The Morgan fingerprint density at radius 3 is 2.61 bits per heavy atom. The number of hydrogen-bond donors (Lipinski definition) is 1. The minimum atomic E-state index is -0.0438. The van der Waals surface area contributed by atoms with Gasteiger partial charge in [-0.3, -0.25) is 0 Å². The van der Waals surface area contributed by atoms with E-state index in [4.69, 9.17) is 9.47 Å². The van der Waals surface area contributed by atoms with E-state index in [0.29, 0.717) is 13.2 Å². The summed E-state index contributed by atoms with van der Waals surface area (Å²) in [5.74, 6) is 0. The number of hydrogen-bond acceptors (Lipinski definition) is 4. The molecule has 5 heteroatoms. The Labute approximate surface area is 122 Å². The first-order chi connectivity index (χ1) is 8.76. The highest BCUT2D eigenvalue weighted by molar-refractivity contribution is 9.10. The van der Waals surface area contributed by atoms with Crippen LogP contribution in [0.3, 0.4) is 0 Å². The topological polar surface area (TPSA) is 30.5 Å². The molecule has 1 heterocycles. The Hall–Kier alpha value is 0.0600. The van der Waals surface area contributed by atoms with Gasteiger partial charge in [-0.25, -0.2) is 0 Å². The number of ether oxygens (including phenoxy) is 2. The van der Waals surface area contributed by atoms with E-state index in [-0.39, 0.29) is 6.29 Å². The van der Waals surface area contributed by atoms with E-state index in [1.807, 2.05) is 13.8 Å². The SMILES string of the molecule is CCOC(CCCNCc1cc(Br)cs1)OCC. The van der Waals surface area contributed by atoms with Gasteiger partial charge in [0.15, 0.2) is 6.29 Å². The average molecular weight is 336 g/mol. The largest absolute Gasteiger partial charge is 0.353 e. The summed E-state index contributed by atoms with van der Waals surface area (Å²) in [5.41, 5.74) is 0. The van der Waals surface area contributed by atoms with Gasteiger partial charge in [0.1, 0.15) is 0 Å². The quantitative estimate of drug-likeness (QED) is 0.521. The summed E-state index contributed by atoms with van der Waals surface area (Å²) >= 11 is 5.23. The first-order valence-corrected chi connectivity index (χ1v) is 8.10. The van der Waals surface area contributed by atoms with Crippen LogP contribution >= 0.6 is 27.3 Å². The van der Waals surface area contributed by atoms with E-state index in [1.54, 1.807) is 11.3 Å². The molecule has 0 aromatic carbocycles. The van der Waals surface area contributed by atoms with E-state index in [9.17, 15) is 0 Å². The molecule has 0 aliphatic carbocycles. The molecule has 0 aliphatic heterocycles. The van der Waals surface area contributed by atoms with Gasteiger partial charge >= 0.3 is 0 Å². The van der Waals surface area contributed by atoms with Crippen LogP contribution in [0, 0.1) is 0 Å². The number of halogens is 1. The van der Waals surface area contributed by atoms with Crippen LogP contribution in [0.1, 0.15) is 31.6 Å². The van der Waals surface area contributed by atoms with Crippen molar-refractivity contribution in [3.63, 3.8) is 0 Å². The van der Waals surface area contributed by atoms with Gasteiger partial charge in [0.25, 0.3) is 0 Å². The summed E-state index contributed by atoms with van der Waals surface area (Å²) in [6, 6.07) is 2.15. The molecular weight excluding hydrogens is 314 g/mol. The van der Waals surface area contributed by atoms with Crippen LogP contribution in [-0.2, 0) is 16.0 Å². The first-order valence-electron chi connectivity index (χ1n) is 6.43. The fraction of sp³-hybridized carbons (Fsp3) is 0.692.